The average Bonchev–Trinajstić information content (AvgIpc) is 3.62. The van der Waals surface area contributed by atoms with E-state index in [2.05, 4.69) is 157 Å². The summed E-state index contributed by atoms with van der Waals surface area (Å²) in [5.41, 5.74) is 13.6. The fourth-order valence-electron chi connectivity index (χ4n) is 8.67. The third-order valence-corrected chi connectivity index (χ3v) is 11.5. The Labute approximate surface area is 350 Å². The minimum absolute atomic E-state index is 0.150. The zero-order valence-electron chi connectivity index (χ0n) is 32.8. The largest absolute Gasteiger partial charge is 0.355 e. The summed E-state index contributed by atoms with van der Waals surface area (Å²) in [6.07, 6.45) is 1.80. The standard InChI is InChI=1S/C56H40N4/c57-54(41-19-6-2-7-20-41)60-55(58-38-39-16-4-1-5-17-39)42-30-33-47(34-31-42)59-53-37-46(32-35-48(53)44-29-28-40-18-10-11-21-43(40)36-44)56(45-22-8-3-9-23-45)51-26-14-12-24-49(51)50-25-13-15-27-52(50)56/h1-38,57,59H. The summed E-state index contributed by atoms with van der Waals surface area (Å²) in [6, 6.07) is 78.5. The number of hydrogen-bond acceptors (Lipinski definition) is 2. The molecule has 0 atom stereocenters. The highest BCUT2D eigenvalue weighted by atomic mass is 15.0. The summed E-state index contributed by atoms with van der Waals surface area (Å²) in [6.45, 7) is 0. The molecule has 60 heavy (non-hydrogen) atoms. The maximum Gasteiger partial charge on any atom is 0.161 e. The fraction of sp³-hybridized carbons (Fsp3) is 0.0179. The molecule has 1 aliphatic rings. The Morgan fingerprint density at radius 2 is 1.07 bits per heavy atom. The highest BCUT2D eigenvalue weighted by Crippen LogP contribution is 2.56. The number of nitrogens with zero attached hydrogens (tertiary/aromatic N) is 2. The molecule has 0 saturated heterocycles. The van der Waals surface area contributed by atoms with Crippen molar-refractivity contribution in [3.8, 4) is 22.3 Å². The molecule has 0 aromatic heterocycles. The van der Waals surface area contributed by atoms with Crippen LogP contribution < -0.4 is 5.32 Å². The summed E-state index contributed by atoms with van der Waals surface area (Å²) in [4.78, 5) is 9.55. The predicted molar refractivity (Wildman–Crippen MR) is 250 cm³/mol. The van der Waals surface area contributed by atoms with Gasteiger partial charge in [-0.25, -0.2) is 9.98 Å². The van der Waals surface area contributed by atoms with Crippen molar-refractivity contribution in [1.29, 1.82) is 5.41 Å². The van der Waals surface area contributed by atoms with E-state index < -0.39 is 5.41 Å². The Morgan fingerprint density at radius 3 is 1.77 bits per heavy atom. The SMILES string of the molecule is N=C(N=C(N=Cc1ccccc1)c1ccc(Nc2cc(C3(c4ccccc4)c4ccccc4-c4ccccc43)ccc2-c2ccc3ccccc3c2)cc1)c1ccccc1. The lowest BCUT2D eigenvalue weighted by Gasteiger charge is -2.34. The maximum atomic E-state index is 8.83. The zero-order valence-corrected chi connectivity index (χ0v) is 32.8. The maximum absolute atomic E-state index is 8.83. The van der Waals surface area contributed by atoms with Crippen LogP contribution in [0.3, 0.4) is 0 Å². The second-order valence-corrected chi connectivity index (χ2v) is 15.1. The molecule has 9 aromatic carbocycles. The fourth-order valence-corrected chi connectivity index (χ4v) is 8.67. The van der Waals surface area contributed by atoms with Crippen LogP contribution in [-0.2, 0) is 5.41 Å². The second-order valence-electron chi connectivity index (χ2n) is 15.1. The van der Waals surface area contributed by atoms with Crippen molar-refractivity contribution >= 4 is 40.0 Å². The smallest absolute Gasteiger partial charge is 0.161 e. The van der Waals surface area contributed by atoms with Crippen LogP contribution in [-0.4, -0.2) is 17.9 Å². The molecule has 0 unspecified atom stereocenters. The van der Waals surface area contributed by atoms with Crippen LogP contribution >= 0.6 is 0 Å². The first kappa shape index (κ1) is 36.4. The van der Waals surface area contributed by atoms with Crippen LogP contribution in [0.1, 0.15) is 38.9 Å². The van der Waals surface area contributed by atoms with Crippen molar-refractivity contribution < 1.29 is 0 Å². The lowest BCUT2D eigenvalue weighted by atomic mass is 9.67. The van der Waals surface area contributed by atoms with E-state index in [1.54, 1.807) is 6.21 Å². The van der Waals surface area contributed by atoms with Crippen molar-refractivity contribution in [3.05, 3.63) is 263 Å². The van der Waals surface area contributed by atoms with E-state index in [-0.39, 0.29) is 5.84 Å². The number of nitrogens with one attached hydrogen (secondary N) is 2. The first-order chi connectivity index (χ1) is 29.6. The molecule has 0 aliphatic heterocycles. The van der Waals surface area contributed by atoms with E-state index >= 15 is 0 Å². The number of benzene rings is 9. The summed E-state index contributed by atoms with van der Waals surface area (Å²) in [5, 5.41) is 15.1. The molecule has 9 aromatic rings. The molecule has 0 heterocycles. The van der Waals surface area contributed by atoms with E-state index in [1.165, 1.54) is 44.2 Å². The lowest BCUT2D eigenvalue weighted by molar-refractivity contribution is 0.769. The second kappa shape index (κ2) is 15.8. The predicted octanol–water partition coefficient (Wildman–Crippen LogP) is 13.5. The van der Waals surface area contributed by atoms with Crippen molar-refractivity contribution in [1.82, 2.24) is 0 Å². The van der Waals surface area contributed by atoms with E-state index in [1.807, 2.05) is 72.8 Å². The van der Waals surface area contributed by atoms with Gasteiger partial charge < -0.3 is 5.32 Å². The van der Waals surface area contributed by atoms with Gasteiger partial charge in [0.15, 0.2) is 11.7 Å². The first-order valence-electron chi connectivity index (χ1n) is 20.2. The first-order valence-corrected chi connectivity index (χ1v) is 20.2. The van der Waals surface area contributed by atoms with Crippen LogP contribution in [0.5, 0.6) is 0 Å². The van der Waals surface area contributed by atoms with Crippen molar-refractivity contribution in [2.45, 2.75) is 5.41 Å². The van der Waals surface area contributed by atoms with Crippen LogP contribution in [0.2, 0.25) is 0 Å². The molecule has 4 heteroatoms. The molecule has 0 saturated carbocycles. The Hall–Kier alpha value is -7.95. The molecule has 4 nitrogen and oxygen atoms in total. The van der Waals surface area contributed by atoms with Gasteiger partial charge in [-0.15, -0.1) is 0 Å². The van der Waals surface area contributed by atoms with Gasteiger partial charge >= 0.3 is 0 Å². The van der Waals surface area contributed by atoms with Gasteiger partial charge in [-0.2, -0.15) is 0 Å². The summed E-state index contributed by atoms with van der Waals surface area (Å²) in [5.74, 6) is 0.610. The van der Waals surface area contributed by atoms with Crippen LogP contribution in [0.15, 0.2) is 234 Å². The molecular weight excluding hydrogens is 729 g/mol. The topological polar surface area (TPSA) is 60.6 Å². The summed E-state index contributed by atoms with van der Waals surface area (Å²) >= 11 is 0. The van der Waals surface area contributed by atoms with E-state index in [4.69, 9.17) is 15.4 Å². The van der Waals surface area contributed by atoms with Crippen molar-refractivity contribution in [2.75, 3.05) is 5.32 Å². The molecule has 0 radical (unpaired) electrons. The molecule has 10 rings (SSSR count). The Bertz CT molecular complexity index is 3010. The Balaban J connectivity index is 1.10. The lowest BCUT2D eigenvalue weighted by Crippen LogP contribution is -2.28. The van der Waals surface area contributed by atoms with E-state index in [0.29, 0.717) is 5.84 Å². The molecule has 1 aliphatic carbocycles. The highest BCUT2D eigenvalue weighted by Gasteiger charge is 2.46. The van der Waals surface area contributed by atoms with Gasteiger partial charge in [-0.05, 0) is 91.7 Å². The normalized spacial score (nSPS) is 12.9. The van der Waals surface area contributed by atoms with Crippen LogP contribution in [0, 0.1) is 5.41 Å². The Morgan fingerprint density at radius 1 is 0.467 bits per heavy atom. The molecule has 2 N–H and O–H groups in total. The molecule has 284 valence electrons. The monoisotopic (exact) mass is 768 g/mol. The number of fused-ring (bicyclic) bond motifs is 4. The number of hydrogen-bond donors (Lipinski definition) is 2. The molecule has 0 bridgehead atoms. The van der Waals surface area contributed by atoms with Gasteiger partial charge in [-0.3, -0.25) is 5.41 Å². The third kappa shape index (κ3) is 6.70. The number of amidine groups is 2. The molecular formula is C56H40N4. The van der Waals surface area contributed by atoms with E-state index in [9.17, 15) is 0 Å². The van der Waals surface area contributed by atoms with Crippen LogP contribution in [0.4, 0.5) is 11.4 Å². The highest BCUT2D eigenvalue weighted by molar-refractivity contribution is 6.13. The van der Waals surface area contributed by atoms with Gasteiger partial charge in [0.05, 0.1) is 5.41 Å². The van der Waals surface area contributed by atoms with Gasteiger partial charge in [0.2, 0.25) is 0 Å². The molecule has 0 fully saturated rings. The summed E-state index contributed by atoms with van der Waals surface area (Å²) in [7, 11) is 0. The van der Waals surface area contributed by atoms with Crippen molar-refractivity contribution in [2.24, 2.45) is 9.98 Å². The third-order valence-electron chi connectivity index (χ3n) is 11.5. The van der Waals surface area contributed by atoms with Gasteiger partial charge in [0.25, 0.3) is 0 Å². The zero-order chi connectivity index (χ0) is 40.3. The number of aliphatic imine (C=N–C) groups is 2. The Kier molecular flexibility index (Phi) is 9.57. The molecule has 0 amide bonds. The minimum atomic E-state index is -0.540. The van der Waals surface area contributed by atoms with Crippen molar-refractivity contribution in [3.63, 3.8) is 0 Å². The van der Waals surface area contributed by atoms with E-state index in [0.717, 1.165) is 39.2 Å². The van der Waals surface area contributed by atoms with Gasteiger partial charge in [0, 0.05) is 34.3 Å². The quantitative estimate of drug-likeness (QED) is 0.117. The number of anilines is 2. The number of rotatable bonds is 8. The minimum Gasteiger partial charge on any atom is -0.355 e. The summed E-state index contributed by atoms with van der Waals surface area (Å²) < 4.78 is 0. The van der Waals surface area contributed by atoms with Crippen LogP contribution in [0.25, 0.3) is 33.0 Å². The van der Waals surface area contributed by atoms with Gasteiger partial charge in [-0.1, -0.05) is 188 Å². The average molecular weight is 769 g/mol. The molecule has 0 spiro atoms. The van der Waals surface area contributed by atoms with Gasteiger partial charge in [0.1, 0.15) is 0 Å².